The van der Waals surface area contributed by atoms with Gasteiger partial charge in [-0.3, -0.25) is 24.0 Å². The Hall–Kier alpha value is -1.87. The Morgan fingerprint density at radius 2 is 1.93 bits per heavy atom. The fourth-order valence-electron chi connectivity index (χ4n) is 2.77. The van der Waals surface area contributed by atoms with Crippen molar-refractivity contribution in [2.24, 2.45) is 0 Å². The zero-order valence-electron chi connectivity index (χ0n) is 15.6. The summed E-state index contributed by atoms with van der Waals surface area (Å²) in [6, 6.07) is 3.50. The van der Waals surface area contributed by atoms with Gasteiger partial charge >= 0.3 is 5.69 Å². The number of H-pyrrole nitrogens is 1. The average molecular weight is 457 g/mol. The van der Waals surface area contributed by atoms with E-state index in [1.165, 1.54) is 20.8 Å². The van der Waals surface area contributed by atoms with Crippen LogP contribution in [0, 0.1) is 0 Å². The Bertz CT molecular complexity index is 903. The first-order chi connectivity index (χ1) is 12.9. The molecular formula is C18H25BrN4O3S. The van der Waals surface area contributed by atoms with Crippen molar-refractivity contribution in [1.29, 1.82) is 0 Å². The van der Waals surface area contributed by atoms with Gasteiger partial charge in [0.15, 0.2) is 5.69 Å². The van der Waals surface area contributed by atoms with Crippen molar-refractivity contribution >= 4 is 44.7 Å². The third kappa shape index (κ3) is 5.10. The predicted octanol–water partition coefficient (Wildman–Crippen LogP) is 3.58. The van der Waals surface area contributed by atoms with Crippen LogP contribution >= 0.6 is 27.3 Å². The minimum Gasteiger partial charge on any atom is -0.383 e. The lowest BCUT2D eigenvalue weighted by atomic mass is 10.2. The number of amides is 1. The molecule has 0 aliphatic rings. The average Bonchev–Trinajstić information content (AvgIpc) is 3.06. The molecule has 7 nitrogen and oxygen atoms in total. The molecule has 0 radical (unpaired) electrons. The van der Waals surface area contributed by atoms with Gasteiger partial charge in [0.05, 0.1) is 8.66 Å². The molecule has 2 aromatic rings. The maximum absolute atomic E-state index is 13.1. The number of nitrogen functional groups attached to an aromatic ring is 1. The van der Waals surface area contributed by atoms with Crippen molar-refractivity contribution in [2.45, 2.75) is 52.5 Å². The van der Waals surface area contributed by atoms with Crippen LogP contribution in [0.25, 0.3) is 0 Å². The highest BCUT2D eigenvalue weighted by molar-refractivity contribution is 9.11. The summed E-state index contributed by atoms with van der Waals surface area (Å²) in [6.45, 7) is 4.83. The summed E-state index contributed by atoms with van der Waals surface area (Å²) in [5.74, 6) is -0.252. The molecule has 0 saturated heterocycles. The minimum absolute atomic E-state index is 0.0395. The topological polar surface area (TPSA) is 101 Å². The minimum atomic E-state index is -0.634. The van der Waals surface area contributed by atoms with Crippen molar-refractivity contribution in [2.75, 3.05) is 17.2 Å². The second-order valence-corrected chi connectivity index (χ2v) is 8.73. The van der Waals surface area contributed by atoms with E-state index >= 15 is 0 Å². The van der Waals surface area contributed by atoms with Crippen LogP contribution in [0.3, 0.4) is 0 Å². The number of nitrogens with zero attached hydrogens (tertiary/aromatic N) is 2. The molecule has 1 amide bonds. The normalized spacial score (nSPS) is 10.9. The number of thiophene rings is 1. The summed E-state index contributed by atoms with van der Waals surface area (Å²) in [6.07, 6.45) is 4.27. The number of unbranched alkanes of at least 4 members (excludes halogenated alkanes) is 3. The Labute approximate surface area is 170 Å². The molecule has 2 rings (SSSR count). The number of hydrogen-bond acceptors (Lipinski definition) is 5. The number of aromatic amines is 1. The van der Waals surface area contributed by atoms with Crippen molar-refractivity contribution in [1.82, 2.24) is 9.55 Å². The lowest BCUT2D eigenvalue weighted by molar-refractivity contribution is 0.0990. The molecule has 2 heterocycles. The van der Waals surface area contributed by atoms with Crippen molar-refractivity contribution in [3.8, 4) is 0 Å². The monoisotopic (exact) mass is 456 g/mol. The third-order valence-electron chi connectivity index (χ3n) is 4.23. The number of carbonyl (C=O) groups is 1. The molecule has 0 spiro atoms. The molecule has 0 fully saturated rings. The molecule has 2 aromatic heterocycles. The van der Waals surface area contributed by atoms with Crippen LogP contribution in [0.5, 0.6) is 0 Å². The first kappa shape index (κ1) is 21.4. The standard InChI is InChI=1S/C18H25BrN4O3S/c1-3-5-7-11-22(17(25)12-8-9-13(19)27-12)14-15(20)23(10-6-4-2)18(26)21-16(14)24/h8-9H,3-7,10-11,20H2,1-2H3,(H,21,24,26). The van der Waals surface area contributed by atoms with E-state index in [9.17, 15) is 14.4 Å². The van der Waals surface area contributed by atoms with Crippen LogP contribution in [-0.2, 0) is 6.54 Å². The second kappa shape index (κ2) is 9.89. The number of anilines is 2. The Balaban J connectivity index is 2.52. The third-order valence-corrected chi connectivity index (χ3v) is 5.85. The van der Waals surface area contributed by atoms with Gasteiger partial charge in [0.25, 0.3) is 11.5 Å². The van der Waals surface area contributed by atoms with E-state index in [-0.39, 0.29) is 17.4 Å². The van der Waals surface area contributed by atoms with E-state index in [1.807, 2.05) is 6.92 Å². The van der Waals surface area contributed by atoms with Crippen LogP contribution in [0.4, 0.5) is 11.5 Å². The number of carbonyl (C=O) groups excluding carboxylic acids is 1. The summed E-state index contributed by atoms with van der Waals surface area (Å²) in [4.78, 5) is 42.0. The summed E-state index contributed by atoms with van der Waals surface area (Å²) in [7, 11) is 0. The highest BCUT2D eigenvalue weighted by Crippen LogP contribution is 2.26. The van der Waals surface area contributed by atoms with Gasteiger partial charge in [0.2, 0.25) is 0 Å². The molecule has 0 bridgehead atoms. The quantitative estimate of drug-likeness (QED) is 0.562. The summed E-state index contributed by atoms with van der Waals surface area (Å²) in [5, 5.41) is 0. The summed E-state index contributed by atoms with van der Waals surface area (Å²) >= 11 is 4.65. The number of nitrogens with one attached hydrogen (secondary N) is 1. The van der Waals surface area contributed by atoms with Crippen LogP contribution in [-0.4, -0.2) is 22.0 Å². The molecule has 0 aliphatic carbocycles. The fourth-order valence-corrected chi connectivity index (χ4v) is 4.11. The number of aromatic nitrogens is 2. The summed E-state index contributed by atoms with van der Waals surface area (Å²) < 4.78 is 2.17. The number of rotatable bonds is 9. The Kier molecular flexibility index (Phi) is 7.85. The molecule has 0 unspecified atom stereocenters. The van der Waals surface area contributed by atoms with E-state index in [1.54, 1.807) is 12.1 Å². The van der Waals surface area contributed by atoms with Crippen molar-refractivity contribution in [3.63, 3.8) is 0 Å². The Morgan fingerprint density at radius 3 is 2.52 bits per heavy atom. The maximum Gasteiger partial charge on any atom is 0.330 e. The van der Waals surface area contributed by atoms with Gasteiger partial charge < -0.3 is 5.73 Å². The highest BCUT2D eigenvalue weighted by Gasteiger charge is 2.25. The van der Waals surface area contributed by atoms with Gasteiger partial charge in [-0.25, -0.2) is 4.79 Å². The zero-order valence-corrected chi connectivity index (χ0v) is 18.0. The van der Waals surface area contributed by atoms with Gasteiger partial charge in [-0.2, -0.15) is 0 Å². The van der Waals surface area contributed by atoms with Crippen molar-refractivity contribution < 1.29 is 4.79 Å². The zero-order chi connectivity index (χ0) is 20.0. The lowest BCUT2D eigenvalue weighted by Gasteiger charge is -2.24. The fraction of sp³-hybridized carbons (Fsp3) is 0.500. The van der Waals surface area contributed by atoms with Crippen LogP contribution in [0.15, 0.2) is 25.5 Å². The van der Waals surface area contributed by atoms with Crippen LogP contribution in [0.1, 0.15) is 55.6 Å². The first-order valence-electron chi connectivity index (χ1n) is 9.10. The van der Waals surface area contributed by atoms with E-state index in [0.717, 1.165) is 35.9 Å². The molecule has 27 heavy (non-hydrogen) atoms. The molecule has 0 aromatic carbocycles. The maximum atomic E-state index is 13.1. The van der Waals surface area contributed by atoms with E-state index in [4.69, 9.17) is 5.73 Å². The number of hydrogen-bond donors (Lipinski definition) is 2. The Morgan fingerprint density at radius 1 is 1.22 bits per heavy atom. The first-order valence-corrected chi connectivity index (χ1v) is 10.7. The van der Waals surface area contributed by atoms with Gasteiger partial charge in [-0.15, -0.1) is 11.3 Å². The molecule has 9 heteroatoms. The SMILES string of the molecule is CCCCCN(C(=O)c1ccc(Br)s1)c1c(N)n(CCCC)c(=O)[nH]c1=O. The van der Waals surface area contributed by atoms with E-state index < -0.39 is 11.2 Å². The number of halogens is 1. The largest absolute Gasteiger partial charge is 0.383 e. The van der Waals surface area contributed by atoms with Gasteiger partial charge in [0, 0.05) is 13.1 Å². The smallest absolute Gasteiger partial charge is 0.330 e. The van der Waals surface area contributed by atoms with Gasteiger partial charge in [-0.1, -0.05) is 33.1 Å². The molecule has 3 N–H and O–H groups in total. The van der Waals surface area contributed by atoms with Crippen LogP contribution in [0.2, 0.25) is 0 Å². The predicted molar refractivity (Wildman–Crippen MR) is 114 cm³/mol. The van der Waals surface area contributed by atoms with Gasteiger partial charge in [-0.05, 0) is 40.9 Å². The van der Waals surface area contributed by atoms with E-state index in [2.05, 4.69) is 27.8 Å². The van der Waals surface area contributed by atoms with Crippen molar-refractivity contribution in [3.05, 3.63) is 41.6 Å². The molecule has 0 saturated carbocycles. The number of nitrogens with two attached hydrogens (primary N) is 1. The molecule has 148 valence electrons. The molecule has 0 atom stereocenters. The molecular weight excluding hydrogens is 432 g/mol. The second-order valence-electron chi connectivity index (χ2n) is 6.27. The highest BCUT2D eigenvalue weighted by atomic mass is 79.9. The van der Waals surface area contributed by atoms with Crippen LogP contribution < -0.4 is 21.9 Å². The van der Waals surface area contributed by atoms with E-state index in [0.29, 0.717) is 18.0 Å². The lowest BCUT2D eigenvalue weighted by Crippen LogP contribution is -2.41. The van der Waals surface area contributed by atoms with Gasteiger partial charge in [0.1, 0.15) is 5.82 Å². The molecule has 0 aliphatic heterocycles. The summed E-state index contributed by atoms with van der Waals surface area (Å²) in [5.41, 5.74) is 5.07.